The van der Waals surface area contributed by atoms with E-state index in [9.17, 15) is 4.79 Å². The van der Waals surface area contributed by atoms with Gasteiger partial charge in [-0.05, 0) is 19.8 Å². The number of carbonyl (C=O) groups is 1. The van der Waals surface area contributed by atoms with Gasteiger partial charge in [0.15, 0.2) is 5.13 Å². The van der Waals surface area contributed by atoms with Crippen molar-refractivity contribution in [2.45, 2.75) is 57.5 Å². The molecule has 0 spiro atoms. The monoisotopic (exact) mass is 336 g/mol. The lowest BCUT2D eigenvalue weighted by Crippen LogP contribution is -2.52. The van der Waals surface area contributed by atoms with Crippen molar-refractivity contribution in [1.29, 1.82) is 0 Å². The molecular formula is C17H28N4OS. The van der Waals surface area contributed by atoms with Gasteiger partial charge in [-0.2, -0.15) is 0 Å². The van der Waals surface area contributed by atoms with Crippen LogP contribution in [0.15, 0.2) is 11.6 Å². The number of anilines is 1. The van der Waals surface area contributed by atoms with Gasteiger partial charge >= 0.3 is 0 Å². The predicted molar refractivity (Wildman–Crippen MR) is 95.0 cm³/mol. The first-order chi connectivity index (χ1) is 11.2. The number of aromatic nitrogens is 1. The largest absolute Gasteiger partial charge is 0.353 e. The van der Waals surface area contributed by atoms with Gasteiger partial charge < -0.3 is 10.2 Å². The average molecular weight is 337 g/mol. The highest BCUT2D eigenvalue weighted by atomic mass is 32.1. The van der Waals surface area contributed by atoms with Crippen LogP contribution in [0.3, 0.4) is 0 Å². The number of hydrogen-bond donors (Lipinski definition) is 1. The molecule has 0 radical (unpaired) electrons. The van der Waals surface area contributed by atoms with Crippen molar-refractivity contribution in [1.82, 2.24) is 15.2 Å². The first-order valence-corrected chi connectivity index (χ1v) is 9.78. The van der Waals surface area contributed by atoms with Crippen molar-refractivity contribution >= 4 is 22.4 Å². The number of piperazine rings is 1. The smallest absolute Gasteiger partial charge is 0.221 e. The second-order valence-electron chi connectivity index (χ2n) is 6.81. The van der Waals surface area contributed by atoms with E-state index in [4.69, 9.17) is 0 Å². The summed E-state index contributed by atoms with van der Waals surface area (Å²) in [6.45, 7) is 6.14. The van der Waals surface area contributed by atoms with Crippen molar-refractivity contribution < 1.29 is 4.79 Å². The molecule has 0 bridgehead atoms. The highest BCUT2D eigenvalue weighted by Gasteiger charge is 2.25. The van der Waals surface area contributed by atoms with E-state index in [1.165, 1.54) is 19.3 Å². The van der Waals surface area contributed by atoms with Crippen LogP contribution >= 0.6 is 11.3 Å². The summed E-state index contributed by atoms with van der Waals surface area (Å²) < 4.78 is 0. The molecule has 23 heavy (non-hydrogen) atoms. The minimum Gasteiger partial charge on any atom is -0.353 e. The second kappa shape index (κ2) is 8.11. The molecule has 1 saturated heterocycles. The first kappa shape index (κ1) is 16.7. The van der Waals surface area contributed by atoms with Crippen LogP contribution in [0.4, 0.5) is 5.13 Å². The van der Waals surface area contributed by atoms with Crippen LogP contribution in [0, 0.1) is 0 Å². The topological polar surface area (TPSA) is 48.5 Å². The summed E-state index contributed by atoms with van der Waals surface area (Å²) in [4.78, 5) is 21.3. The highest BCUT2D eigenvalue weighted by molar-refractivity contribution is 7.13. The average Bonchev–Trinajstić information content (AvgIpc) is 3.08. The van der Waals surface area contributed by atoms with E-state index in [2.05, 4.69) is 27.0 Å². The molecule has 1 aromatic heterocycles. The van der Waals surface area contributed by atoms with Gasteiger partial charge in [0.05, 0.1) is 0 Å². The summed E-state index contributed by atoms with van der Waals surface area (Å²) in [5.41, 5.74) is 0. The summed E-state index contributed by atoms with van der Waals surface area (Å²) >= 11 is 1.70. The van der Waals surface area contributed by atoms with Crippen molar-refractivity contribution in [2.24, 2.45) is 0 Å². The normalized spacial score (nSPS) is 23.9. The lowest BCUT2D eigenvalue weighted by atomic mass is 9.95. The van der Waals surface area contributed by atoms with Crippen LogP contribution in [0.2, 0.25) is 0 Å². The molecule has 0 aromatic carbocycles. The van der Waals surface area contributed by atoms with Crippen molar-refractivity contribution in [3.63, 3.8) is 0 Å². The summed E-state index contributed by atoms with van der Waals surface area (Å²) in [5, 5.41) is 6.37. The fraction of sp³-hybridized carbons (Fsp3) is 0.765. The highest BCUT2D eigenvalue weighted by Crippen LogP contribution is 2.22. The zero-order valence-corrected chi connectivity index (χ0v) is 14.9. The molecule has 5 nitrogen and oxygen atoms in total. The molecule has 1 amide bonds. The Morgan fingerprint density at radius 2 is 2.17 bits per heavy atom. The van der Waals surface area contributed by atoms with Crippen LogP contribution in [0.1, 0.15) is 45.4 Å². The van der Waals surface area contributed by atoms with E-state index in [1.807, 2.05) is 11.6 Å². The quantitative estimate of drug-likeness (QED) is 0.897. The predicted octanol–water partition coefficient (Wildman–Crippen LogP) is 2.49. The molecule has 2 fully saturated rings. The van der Waals surface area contributed by atoms with Crippen LogP contribution in [0.25, 0.3) is 0 Å². The van der Waals surface area contributed by atoms with Gasteiger partial charge in [0.2, 0.25) is 5.91 Å². The van der Waals surface area contributed by atoms with E-state index < -0.39 is 0 Å². The third-order valence-electron chi connectivity index (χ3n) is 5.00. The first-order valence-electron chi connectivity index (χ1n) is 8.90. The van der Waals surface area contributed by atoms with Gasteiger partial charge in [-0.1, -0.05) is 19.3 Å². The van der Waals surface area contributed by atoms with E-state index in [-0.39, 0.29) is 5.91 Å². The molecule has 1 N–H and O–H groups in total. The van der Waals surface area contributed by atoms with Crippen LogP contribution in [0.5, 0.6) is 0 Å². The van der Waals surface area contributed by atoms with Crippen molar-refractivity contribution in [2.75, 3.05) is 31.1 Å². The van der Waals surface area contributed by atoms with Gasteiger partial charge in [0.25, 0.3) is 0 Å². The van der Waals surface area contributed by atoms with Gasteiger partial charge in [0, 0.05) is 56.3 Å². The molecule has 2 heterocycles. The molecule has 1 saturated carbocycles. The maximum atomic E-state index is 12.1. The molecule has 1 aliphatic heterocycles. The molecule has 128 valence electrons. The molecule has 2 aliphatic rings. The maximum Gasteiger partial charge on any atom is 0.221 e. The summed E-state index contributed by atoms with van der Waals surface area (Å²) in [7, 11) is 0. The summed E-state index contributed by atoms with van der Waals surface area (Å²) in [6.07, 6.45) is 8.68. The Morgan fingerprint density at radius 1 is 1.35 bits per heavy atom. The van der Waals surface area contributed by atoms with Crippen molar-refractivity contribution in [3.05, 3.63) is 11.6 Å². The van der Waals surface area contributed by atoms with Crippen LogP contribution in [-0.2, 0) is 4.79 Å². The van der Waals surface area contributed by atoms with E-state index in [1.54, 1.807) is 11.3 Å². The number of nitrogens with one attached hydrogen (secondary N) is 1. The minimum atomic E-state index is 0.229. The third kappa shape index (κ3) is 4.67. The summed E-state index contributed by atoms with van der Waals surface area (Å²) in [5.74, 6) is 0.229. The molecule has 0 unspecified atom stereocenters. The fourth-order valence-corrected chi connectivity index (χ4v) is 4.46. The van der Waals surface area contributed by atoms with Crippen LogP contribution < -0.4 is 10.2 Å². The number of carbonyl (C=O) groups excluding carboxylic acids is 1. The Kier molecular flexibility index (Phi) is 5.89. The number of hydrogen-bond acceptors (Lipinski definition) is 5. The van der Waals surface area contributed by atoms with Gasteiger partial charge in [-0.15, -0.1) is 11.3 Å². The lowest BCUT2D eigenvalue weighted by molar-refractivity contribution is -0.122. The van der Waals surface area contributed by atoms with Crippen molar-refractivity contribution in [3.8, 4) is 0 Å². The number of rotatable bonds is 5. The molecule has 1 atom stereocenters. The zero-order valence-electron chi connectivity index (χ0n) is 14.0. The molecule has 1 aromatic rings. The Morgan fingerprint density at radius 3 is 2.87 bits per heavy atom. The SMILES string of the molecule is C[C@H]1CN(CCC(=O)NC2CCCCC2)CCN1c1nccs1. The summed E-state index contributed by atoms with van der Waals surface area (Å²) in [6, 6.07) is 0.883. The second-order valence-corrected chi connectivity index (χ2v) is 7.68. The molecule has 1 aliphatic carbocycles. The maximum absolute atomic E-state index is 12.1. The number of thiazole rings is 1. The van der Waals surface area contributed by atoms with E-state index in [0.717, 1.165) is 44.2 Å². The standard InChI is InChI=1S/C17H28N4OS/c1-14-13-20(10-11-21(14)17-18-8-12-23-17)9-7-16(22)19-15-5-3-2-4-6-15/h8,12,14-15H,2-7,9-11,13H2,1H3,(H,19,22)/t14-/m0/s1. The van der Waals surface area contributed by atoms with Gasteiger partial charge in [0.1, 0.15) is 0 Å². The zero-order chi connectivity index (χ0) is 16.1. The molecule has 6 heteroatoms. The number of nitrogens with zero attached hydrogens (tertiary/aromatic N) is 3. The Hall–Kier alpha value is -1.14. The number of amides is 1. The third-order valence-corrected chi connectivity index (χ3v) is 5.81. The lowest BCUT2D eigenvalue weighted by Gasteiger charge is -2.39. The molecular weight excluding hydrogens is 308 g/mol. The van der Waals surface area contributed by atoms with Crippen LogP contribution in [-0.4, -0.2) is 54.1 Å². The van der Waals surface area contributed by atoms with E-state index >= 15 is 0 Å². The Balaban J connectivity index is 1.39. The van der Waals surface area contributed by atoms with E-state index in [0.29, 0.717) is 18.5 Å². The fourth-order valence-electron chi connectivity index (χ4n) is 3.68. The minimum absolute atomic E-state index is 0.229. The molecule has 3 rings (SSSR count). The van der Waals surface area contributed by atoms with Gasteiger partial charge in [-0.25, -0.2) is 4.98 Å². The Bertz CT molecular complexity index is 487. The Labute approximate surface area is 143 Å². The van der Waals surface area contributed by atoms with Gasteiger partial charge in [-0.3, -0.25) is 9.69 Å².